The molecule has 1 rings (SSSR count). The monoisotopic (exact) mass is 258 g/mol. The predicted octanol–water partition coefficient (Wildman–Crippen LogP) is 1.04. The number of rotatable bonds is 4. The van der Waals surface area contributed by atoms with Crippen molar-refractivity contribution in [2.24, 2.45) is 0 Å². The molecule has 6 heteroatoms. The molecule has 1 atom stereocenters. The van der Waals surface area contributed by atoms with Crippen LogP contribution in [0, 0.1) is 5.82 Å². The third kappa shape index (κ3) is 4.14. The predicted molar refractivity (Wildman–Crippen MR) is 65.4 cm³/mol. The molecule has 17 heavy (non-hydrogen) atoms. The highest BCUT2D eigenvalue weighted by Gasteiger charge is 2.12. The first kappa shape index (κ1) is 13.6. The van der Waals surface area contributed by atoms with Gasteiger partial charge in [-0.3, -0.25) is 9.00 Å². The van der Waals surface area contributed by atoms with Crippen LogP contribution >= 0.6 is 0 Å². The first-order valence-corrected chi connectivity index (χ1v) is 6.45. The molecule has 1 aromatic carbocycles. The molecule has 1 amide bonds. The maximum atomic E-state index is 13.1. The van der Waals surface area contributed by atoms with E-state index in [9.17, 15) is 13.4 Å². The van der Waals surface area contributed by atoms with E-state index >= 15 is 0 Å². The number of hydrogen-bond donors (Lipinski definition) is 2. The molecular weight excluding hydrogens is 243 g/mol. The van der Waals surface area contributed by atoms with E-state index < -0.39 is 16.6 Å². The molecule has 1 unspecified atom stereocenters. The smallest absolute Gasteiger partial charge is 0.233 e. The fourth-order valence-corrected chi connectivity index (χ4v) is 2.16. The third-order valence-corrected chi connectivity index (χ3v) is 3.25. The lowest BCUT2D eigenvalue weighted by atomic mass is 10.3. The van der Waals surface area contributed by atoms with E-state index in [2.05, 4.69) is 5.32 Å². The van der Waals surface area contributed by atoms with E-state index in [0.717, 1.165) is 6.07 Å². The van der Waals surface area contributed by atoms with Gasteiger partial charge in [0.15, 0.2) is 0 Å². The van der Waals surface area contributed by atoms with Gasteiger partial charge in [0, 0.05) is 10.9 Å². The molecule has 0 aliphatic rings. The second-order valence-electron chi connectivity index (χ2n) is 3.90. The van der Waals surface area contributed by atoms with Crippen LogP contribution in [0.25, 0.3) is 0 Å². The zero-order chi connectivity index (χ0) is 13.0. The number of nitrogens with one attached hydrogen (secondary N) is 1. The molecule has 94 valence electrons. The number of halogens is 1. The molecule has 0 saturated carbocycles. The van der Waals surface area contributed by atoms with E-state index in [1.54, 1.807) is 0 Å². The van der Waals surface area contributed by atoms with Crippen molar-refractivity contribution < 1.29 is 13.4 Å². The average molecular weight is 258 g/mol. The number of benzene rings is 1. The lowest BCUT2D eigenvalue weighted by molar-refractivity contribution is -0.119. The van der Waals surface area contributed by atoms with Crippen molar-refractivity contribution in [3.8, 4) is 0 Å². The molecule has 0 bridgehead atoms. The minimum atomic E-state index is -1.56. The van der Waals surface area contributed by atoms with E-state index in [1.807, 2.05) is 13.8 Å². The summed E-state index contributed by atoms with van der Waals surface area (Å²) in [5, 5.41) is 2.62. The molecule has 4 nitrogen and oxygen atoms in total. The van der Waals surface area contributed by atoms with Crippen molar-refractivity contribution >= 4 is 22.4 Å². The Morgan fingerprint density at radius 3 is 2.71 bits per heavy atom. The molecule has 0 fully saturated rings. The number of amides is 1. The van der Waals surface area contributed by atoms with E-state index in [-0.39, 0.29) is 28.3 Å². The highest BCUT2D eigenvalue weighted by atomic mass is 32.2. The molecule has 0 heterocycles. The SMILES string of the molecule is CC(C)NC(=O)CS(=O)c1ccc(N)c(F)c1. The van der Waals surface area contributed by atoms with Crippen molar-refractivity contribution in [3.63, 3.8) is 0 Å². The summed E-state index contributed by atoms with van der Waals surface area (Å²) in [7, 11) is -1.56. The second kappa shape index (κ2) is 5.77. The summed E-state index contributed by atoms with van der Waals surface area (Å²) in [4.78, 5) is 11.6. The second-order valence-corrected chi connectivity index (χ2v) is 5.35. The maximum absolute atomic E-state index is 13.1. The van der Waals surface area contributed by atoms with Gasteiger partial charge in [0.05, 0.1) is 16.5 Å². The number of nitrogens with two attached hydrogens (primary N) is 1. The van der Waals surface area contributed by atoms with Crippen molar-refractivity contribution in [2.45, 2.75) is 24.8 Å². The number of anilines is 1. The van der Waals surface area contributed by atoms with E-state index in [4.69, 9.17) is 5.73 Å². The number of nitrogen functional groups attached to an aromatic ring is 1. The average Bonchev–Trinajstić information content (AvgIpc) is 2.20. The quantitative estimate of drug-likeness (QED) is 0.793. The first-order valence-electron chi connectivity index (χ1n) is 5.13. The lowest BCUT2D eigenvalue weighted by Crippen LogP contribution is -2.33. The van der Waals surface area contributed by atoms with E-state index in [0.29, 0.717) is 0 Å². The van der Waals surface area contributed by atoms with Crippen LogP contribution in [0.15, 0.2) is 23.1 Å². The van der Waals surface area contributed by atoms with Gasteiger partial charge in [0.25, 0.3) is 0 Å². The van der Waals surface area contributed by atoms with Gasteiger partial charge in [-0.1, -0.05) is 0 Å². The fraction of sp³-hybridized carbons (Fsp3) is 0.364. The van der Waals surface area contributed by atoms with Crippen molar-refractivity contribution in [1.82, 2.24) is 5.32 Å². The summed E-state index contributed by atoms with van der Waals surface area (Å²) >= 11 is 0. The molecule has 0 aromatic heterocycles. The summed E-state index contributed by atoms with van der Waals surface area (Å²) in [6.07, 6.45) is 0. The molecule has 1 aromatic rings. The van der Waals surface area contributed by atoms with Gasteiger partial charge in [-0.2, -0.15) is 0 Å². The summed E-state index contributed by atoms with van der Waals surface area (Å²) in [6, 6.07) is 3.87. The van der Waals surface area contributed by atoms with Crippen LogP contribution in [-0.2, 0) is 15.6 Å². The summed E-state index contributed by atoms with van der Waals surface area (Å²) in [5.41, 5.74) is 5.30. The Kier molecular flexibility index (Phi) is 4.62. The fourth-order valence-electron chi connectivity index (χ4n) is 1.22. The zero-order valence-corrected chi connectivity index (χ0v) is 10.5. The minimum absolute atomic E-state index is 0.00242. The highest BCUT2D eigenvalue weighted by molar-refractivity contribution is 7.85. The third-order valence-electron chi connectivity index (χ3n) is 1.95. The Bertz CT molecular complexity index is 449. The number of carbonyl (C=O) groups excluding carboxylic acids is 1. The van der Waals surface area contributed by atoms with Gasteiger partial charge in [0.1, 0.15) is 11.6 Å². The Hall–Kier alpha value is -1.43. The standard InChI is InChI=1S/C11H15FN2O2S/c1-7(2)14-11(15)6-17(16)8-3-4-10(13)9(12)5-8/h3-5,7H,6,13H2,1-2H3,(H,14,15). The minimum Gasteiger partial charge on any atom is -0.396 e. The largest absolute Gasteiger partial charge is 0.396 e. The van der Waals surface area contributed by atoms with Gasteiger partial charge < -0.3 is 11.1 Å². The van der Waals surface area contributed by atoms with Crippen molar-refractivity contribution in [1.29, 1.82) is 0 Å². The van der Waals surface area contributed by atoms with E-state index in [1.165, 1.54) is 12.1 Å². The Morgan fingerprint density at radius 1 is 1.53 bits per heavy atom. The van der Waals surface area contributed by atoms with Crippen LogP contribution in [0.4, 0.5) is 10.1 Å². The van der Waals surface area contributed by atoms with Gasteiger partial charge in [-0.15, -0.1) is 0 Å². The lowest BCUT2D eigenvalue weighted by Gasteiger charge is -2.08. The summed E-state index contributed by atoms with van der Waals surface area (Å²) < 4.78 is 24.9. The van der Waals surface area contributed by atoms with Crippen molar-refractivity contribution in [2.75, 3.05) is 11.5 Å². The Balaban J connectivity index is 2.70. The highest BCUT2D eigenvalue weighted by Crippen LogP contribution is 2.15. The molecule has 3 N–H and O–H groups in total. The zero-order valence-electron chi connectivity index (χ0n) is 9.70. The van der Waals surface area contributed by atoms with Gasteiger partial charge in [-0.25, -0.2) is 4.39 Å². The molecule has 0 saturated heterocycles. The van der Waals surface area contributed by atoms with Crippen LogP contribution in [0.1, 0.15) is 13.8 Å². The molecule has 0 radical (unpaired) electrons. The molecule has 0 spiro atoms. The topological polar surface area (TPSA) is 72.2 Å². The van der Waals surface area contributed by atoms with Gasteiger partial charge >= 0.3 is 0 Å². The summed E-state index contributed by atoms with van der Waals surface area (Å²) in [5.74, 6) is -1.13. The summed E-state index contributed by atoms with van der Waals surface area (Å²) in [6.45, 7) is 3.62. The molecule has 0 aliphatic heterocycles. The normalized spacial score (nSPS) is 12.5. The Labute approximate surface area is 102 Å². The van der Waals surface area contributed by atoms with Crippen LogP contribution < -0.4 is 11.1 Å². The van der Waals surface area contributed by atoms with Crippen molar-refractivity contribution in [3.05, 3.63) is 24.0 Å². The van der Waals surface area contributed by atoms with Gasteiger partial charge in [-0.05, 0) is 32.0 Å². The van der Waals surface area contributed by atoms with Crippen LogP contribution in [0.3, 0.4) is 0 Å². The molecular formula is C11H15FN2O2S. The van der Waals surface area contributed by atoms with Crippen LogP contribution in [0.5, 0.6) is 0 Å². The first-order chi connectivity index (χ1) is 7.90. The number of hydrogen-bond acceptors (Lipinski definition) is 3. The van der Waals surface area contributed by atoms with Gasteiger partial charge in [0.2, 0.25) is 5.91 Å². The van der Waals surface area contributed by atoms with Crippen LogP contribution in [-0.4, -0.2) is 21.9 Å². The van der Waals surface area contributed by atoms with Crippen LogP contribution in [0.2, 0.25) is 0 Å². The number of carbonyl (C=O) groups is 1. The molecule has 0 aliphatic carbocycles. The Morgan fingerprint density at radius 2 is 2.18 bits per heavy atom. The maximum Gasteiger partial charge on any atom is 0.233 e.